The molecular formula is C11H13BrN2O. The third kappa shape index (κ3) is 1.54. The van der Waals surface area contributed by atoms with Crippen LogP contribution in [0.2, 0.25) is 0 Å². The van der Waals surface area contributed by atoms with Crippen LogP contribution in [0.15, 0.2) is 16.6 Å². The standard InChI is InChI=1S/C11H13BrN2O/c1-5(13)9-6(2)14-8-4-3-7(12)11(15)10(8)9/h3-5,14-15H,13H2,1-2H3. The highest BCUT2D eigenvalue weighted by atomic mass is 79.9. The quantitative estimate of drug-likeness (QED) is 0.745. The van der Waals surface area contributed by atoms with Gasteiger partial charge in [0.05, 0.1) is 4.47 Å². The van der Waals surface area contributed by atoms with Gasteiger partial charge in [-0.1, -0.05) is 0 Å². The van der Waals surface area contributed by atoms with E-state index in [1.807, 2.05) is 26.0 Å². The number of aromatic amines is 1. The average molecular weight is 269 g/mol. The molecule has 1 aromatic carbocycles. The normalized spacial score (nSPS) is 13.3. The second kappa shape index (κ2) is 3.54. The van der Waals surface area contributed by atoms with Crippen molar-refractivity contribution in [1.29, 1.82) is 0 Å². The smallest absolute Gasteiger partial charge is 0.139 e. The summed E-state index contributed by atoms with van der Waals surface area (Å²) in [6.45, 7) is 3.88. The SMILES string of the molecule is Cc1[nH]c2ccc(Br)c(O)c2c1C(C)N. The summed E-state index contributed by atoms with van der Waals surface area (Å²) in [4.78, 5) is 3.22. The number of nitrogens with one attached hydrogen (secondary N) is 1. The average Bonchev–Trinajstić information content (AvgIpc) is 2.49. The highest BCUT2D eigenvalue weighted by Gasteiger charge is 2.16. The summed E-state index contributed by atoms with van der Waals surface area (Å²) in [6.07, 6.45) is 0. The van der Waals surface area contributed by atoms with Crippen molar-refractivity contribution in [3.63, 3.8) is 0 Å². The van der Waals surface area contributed by atoms with Crippen molar-refractivity contribution in [2.45, 2.75) is 19.9 Å². The molecular weight excluding hydrogens is 256 g/mol. The summed E-state index contributed by atoms with van der Waals surface area (Å²) < 4.78 is 0.691. The van der Waals surface area contributed by atoms with Crippen molar-refractivity contribution in [3.05, 3.63) is 27.9 Å². The van der Waals surface area contributed by atoms with Crippen molar-refractivity contribution in [1.82, 2.24) is 4.98 Å². The number of phenolic OH excluding ortho intramolecular Hbond substituents is 1. The van der Waals surface area contributed by atoms with E-state index in [2.05, 4.69) is 20.9 Å². The topological polar surface area (TPSA) is 62.0 Å². The molecule has 0 spiro atoms. The number of halogens is 1. The van der Waals surface area contributed by atoms with Crippen LogP contribution in [-0.2, 0) is 0 Å². The lowest BCUT2D eigenvalue weighted by molar-refractivity contribution is 0.478. The third-order valence-electron chi connectivity index (χ3n) is 2.58. The molecule has 1 heterocycles. The van der Waals surface area contributed by atoms with Gasteiger partial charge in [-0.3, -0.25) is 0 Å². The number of hydrogen-bond donors (Lipinski definition) is 3. The number of fused-ring (bicyclic) bond motifs is 1. The Labute approximate surface area is 96.4 Å². The maximum atomic E-state index is 9.98. The van der Waals surface area contributed by atoms with Crippen LogP contribution in [0, 0.1) is 6.92 Å². The van der Waals surface area contributed by atoms with Gasteiger partial charge in [0.2, 0.25) is 0 Å². The minimum absolute atomic E-state index is 0.0982. The lowest BCUT2D eigenvalue weighted by Gasteiger charge is -2.07. The van der Waals surface area contributed by atoms with Crippen LogP contribution >= 0.6 is 15.9 Å². The number of aromatic nitrogens is 1. The maximum Gasteiger partial charge on any atom is 0.139 e. The Morgan fingerprint density at radius 3 is 2.73 bits per heavy atom. The van der Waals surface area contributed by atoms with E-state index in [4.69, 9.17) is 5.73 Å². The number of phenols is 1. The number of nitrogens with two attached hydrogens (primary N) is 1. The Kier molecular flexibility index (Phi) is 2.48. The Morgan fingerprint density at radius 1 is 1.47 bits per heavy atom. The van der Waals surface area contributed by atoms with Gasteiger partial charge in [0.25, 0.3) is 0 Å². The first kappa shape index (κ1) is 10.5. The van der Waals surface area contributed by atoms with Gasteiger partial charge in [-0.15, -0.1) is 0 Å². The van der Waals surface area contributed by atoms with Gasteiger partial charge in [0.1, 0.15) is 5.75 Å². The van der Waals surface area contributed by atoms with Crippen molar-refractivity contribution in [2.75, 3.05) is 0 Å². The van der Waals surface area contributed by atoms with Gasteiger partial charge in [0, 0.05) is 28.2 Å². The predicted octanol–water partition coefficient (Wildman–Crippen LogP) is 2.96. The predicted molar refractivity (Wildman–Crippen MR) is 65.0 cm³/mol. The van der Waals surface area contributed by atoms with Crippen LogP contribution in [0.1, 0.15) is 24.2 Å². The van der Waals surface area contributed by atoms with E-state index in [9.17, 15) is 5.11 Å². The molecule has 0 amide bonds. The molecule has 0 aliphatic heterocycles. The fourth-order valence-corrected chi connectivity index (χ4v) is 2.30. The molecule has 0 bridgehead atoms. The van der Waals surface area contributed by atoms with Gasteiger partial charge in [-0.2, -0.15) is 0 Å². The second-order valence-corrected chi connectivity index (χ2v) is 4.63. The first-order chi connectivity index (χ1) is 7.02. The van der Waals surface area contributed by atoms with Crippen LogP contribution in [0.5, 0.6) is 5.75 Å². The van der Waals surface area contributed by atoms with Gasteiger partial charge in [0.15, 0.2) is 0 Å². The number of aryl methyl sites for hydroxylation is 1. The summed E-state index contributed by atoms with van der Waals surface area (Å²) in [5.41, 5.74) is 8.80. The van der Waals surface area contributed by atoms with E-state index in [0.717, 1.165) is 22.2 Å². The molecule has 80 valence electrons. The summed E-state index contributed by atoms with van der Waals surface area (Å²) in [5.74, 6) is 0.254. The zero-order valence-corrected chi connectivity index (χ0v) is 10.2. The number of aromatic hydroxyl groups is 1. The van der Waals surface area contributed by atoms with E-state index >= 15 is 0 Å². The highest BCUT2D eigenvalue weighted by Crippen LogP contribution is 2.37. The van der Waals surface area contributed by atoms with Gasteiger partial charge in [-0.05, 0) is 41.9 Å². The van der Waals surface area contributed by atoms with Crippen LogP contribution in [0.4, 0.5) is 0 Å². The molecule has 4 N–H and O–H groups in total. The first-order valence-electron chi connectivity index (χ1n) is 4.77. The highest BCUT2D eigenvalue weighted by molar-refractivity contribution is 9.10. The van der Waals surface area contributed by atoms with E-state index in [0.29, 0.717) is 4.47 Å². The number of hydrogen-bond acceptors (Lipinski definition) is 2. The molecule has 3 nitrogen and oxygen atoms in total. The molecule has 2 aromatic rings. The summed E-state index contributed by atoms with van der Waals surface area (Å²) in [5, 5.41) is 10.8. The van der Waals surface area contributed by atoms with E-state index in [1.165, 1.54) is 0 Å². The summed E-state index contributed by atoms with van der Waals surface area (Å²) in [7, 11) is 0. The monoisotopic (exact) mass is 268 g/mol. The molecule has 1 aromatic heterocycles. The van der Waals surface area contributed by atoms with Crippen molar-refractivity contribution in [3.8, 4) is 5.75 Å². The molecule has 15 heavy (non-hydrogen) atoms. The molecule has 0 aliphatic rings. The van der Waals surface area contributed by atoms with Crippen molar-refractivity contribution >= 4 is 26.8 Å². The second-order valence-electron chi connectivity index (χ2n) is 3.77. The van der Waals surface area contributed by atoms with E-state index < -0.39 is 0 Å². The van der Waals surface area contributed by atoms with Crippen molar-refractivity contribution < 1.29 is 5.11 Å². The van der Waals surface area contributed by atoms with Crippen LogP contribution in [0.3, 0.4) is 0 Å². The minimum Gasteiger partial charge on any atom is -0.506 e. The summed E-state index contributed by atoms with van der Waals surface area (Å²) >= 11 is 3.30. The molecule has 4 heteroatoms. The molecule has 1 unspecified atom stereocenters. The van der Waals surface area contributed by atoms with Gasteiger partial charge in [-0.25, -0.2) is 0 Å². The van der Waals surface area contributed by atoms with E-state index in [-0.39, 0.29) is 11.8 Å². The minimum atomic E-state index is -0.0982. The zero-order chi connectivity index (χ0) is 11.2. The first-order valence-corrected chi connectivity index (χ1v) is 5.57. The van der Waals surface area contributed by atoms with Crippen LogP contribution in [-0.4, -0.2) is 10.1 Å². The lowest BCUT2D eigenvalue weighted by atomic mass is 10.0. The van der Waals surface area contributed by atoms with Gasteiger partial charge < -0.3 is 15.8 Å². The molecule has 1 atom stereocenters. The molecule has 0 saturated carbocycles. The lowest BCUT2D eigenvalue weighted by Crippen LogP contribution is -2.05. The largest absolute Gasteiger partial charge is 0.506 e. The Morgan fingerprint density at radius 2 is 2.13 bits per heavy atom. The number of benzene rings is 1. The summed E-state index contributed by atoms with van der Waals surface area (Å²) in [6, 6.07) is 3.65. The fraction of sp³-hybridized carbons (Fsp3) is 0.273. The molecule has 0 fully saturated rings. The Bertz CT molecular complexity index is 517. The zero-order valence-electron chi connectivity index (χ0n) is 8.63. The Hall–Kier alpha value is -1.00. The van der Waals surface area contributed by atoms with Crippen LogP contribution < -0.4 is 5.73 Å². The maximum absolute atomic E-state index is 9.98. The van der Waals surface area contributed by atoms with Crippen LogP contribution in [0.25, 0.3) is 10.9 Å². The molecule has 0 radical (unpaired) electrons. The van der Waals surface area contributed by atoms with E-state index in [1.54, 1.807) is 0 Å². The fourth-order valence-electron chi connectivity index (χ4n) is 1.97. The molecule has 0 saturated heterocycles. The third-order valence-corrected chi connectivity index (χ3v) is 3.22. The van der Waals surface area contributed by atoms with Gasteiger partial charge >= 0.3 is 0 Å². The number of H-pyrrole nitrogens is 1. The molecule has 2 rings (SSSR count). The van der Waals surface area contributed by atoms with Crippen molar-refractivity contribution in [2.24, 2.45) is 5.73 Å². The molecule has 0 aliphatic carbocycles. The number of rotatable bonds is 1. The Balaban J connectivity index is 2.90.